The van der Waals surface area contributed by atoms with E-state index >= 15 is 0 Å². The van der Waals surface area contributed by atoms with E-state index in [-0.39, 0.29) is 17.6 Å². The third-order valence-electron chi connectivity index (χ3n) is 7.53. The molecule has 39 heavy (non-hydrogen) atoms. The predicted octanol–water partition coefficient (Wildman–Crippen LogP) is 7.10. The Kier molecular flexibility index (Phi) is 5.65. The number of aromatic nitrogens is 5. The molecule has 4 heterocycles. The summed E-state index contributed by atoms with van der Waals surface area (Å²) in [6, 6.07) is 18.4. The van der Waals surface area contributed by atoms with Gasteiger partial charge in [0.05, 0.1) is 28.8 Å². The highest BCUT2D eigenvalue weighted by Crippen LogP contribution is 2.35. The third kappa shape index (κ3) is 4.33. The Morgan fingerprint density at radius 2 is 1.74 bits per heavy atom. The summed E-state index contributed by atoms with van der Waals surface area (Å²) in [4.78, 5) is 25.0. The fourth-order valence-corrected chi connectivity index (χ4v) is 5.54. The van der Waals surface area contributed by atoms with E-state index < -0.39 is 0 Å². The van der Waals surface area contributed by atoms with Gasteiger partial charge in [-0.1, -0.05) is 31.0 Å². The van der Waals surface area contributed by atoms with E-state index in [0.717, 1.165) is 70.0 Å². The zero-order chi connectivity index (χ0) is 26.3. The van der Waals surface area contributed by atoms with Gasteiger partial charge in [0.15, 0.2) is 0 Å². The van der Waals surface area contributed by atoms with Crippen molar-refractivity contribution in [3.63, 3.8) is 0 Å². The molecule has 8 heteroatoms. The number of rotatable bonds is 5. The van der Waals surface area contributed by atoms with Crippen molar-refractivity contribution in [3.8, 4) is 33.8 Å². The van der Waals surface area contributed by atoms with Crippen LogP contribution in [0.1, 0.15) is 25.7 Å². The zero-order valence-corrected chi connectivity index (χ0v) is 21.0. The summed E-state index contributed by atoms with van der Waals surface area (Å²) < 4.78 is 13.9. The molecule has 1 amide bonds. The molecule has 6 aromatic rings. The number of pyridine rings is 2. The molecule has 1 aliphatic rings. The van der Waals surface area contributed by atoms with Crippen molar-refractivity contribution < 1.29 is 9.18 Å². The lowest BCUT2D eigenvalue weighted by molar-refractivity contribution is -0.119. The van der Waals surface area contributed by atoms with Crippen LogP contribution in [0.2, 0.25) is 0 Å². The Morgan fingerprint density at radius 1 is 0.872 bits per heavy atom. The molecule has 7 rings (SSSR count). The van der Waals surface area contributed by atoms with Gasteiger partial charge in [-0.3, -0.25) is 19.9 Å². The Labute approximate surface area is 223 Å². The molecule has 3 N–H and O–H groups in total. The first kappa shape index (κ1) is 23.3. The second kappa shape index (κ2) is 9.47. The normalized spacial score (nSPS) is 13.9. The van der Waals surface area contributed by atoms with Crippen LogP contribution < -0.4 is 5.32 Å². The van der Waals surface area contributed by atoms with Gasteiger partial charge < -0.3 is 10.3 Å². The standard InChI is InChI=1S/C31H25FN6O/c32-22-7-3-6-20(12-22)29-25-15-28(36-26(25)10-11-34-29)30-24-14-19(8-9-27(24)37-38-30)21-13-23(17-33-16-21)35-31(39)18-4-1-2-5-18/h3,6-18,36H,1-2,4-5H2,(H,35,39)(H,37,38). The van der Waals surface area contributed by atoms with Crippen LogP contribution in [-0.2, 0) is 4.79 Å². The molecule has 1 fully saturated rings. The van der Waals surface area contributed by atoms with Crippen LogP contribution >= 0.6 is 0 Å². The van der Waals surface area contributed by atoms with Crippen molar-refractivity contribution in [2.75, 3.05) is 5.32 Å². The highest BCUT2D eigenvalue weighted by Gasteiger charge is 2.23. The number of benzene rings is 2. The Balaban J connectivity index is 1.25. The smallest absolute Gasteiger partial charge is 0.227 e. The van der Waals surface area contributed by atoms with Crippen molar-refractivity contribution in [3.05, 3.63) is 85.1 Å². The fourth-order valence-electron chi connectivity index (χ4n) is 5.54. The number of nitrogens with one attached hydrogen (secondary N) is 3. The van der Waals surface area contributed by atoms with E-state index in [1.165, 1.54) is 12.1 Å². The number of hydrogen-bond donors (Lipinski definition) is 3. The number of halogens is 1. The summed E-state index contributed by atoms with van der Waals surface area (Å²) in [5.41, 5.74) is 7.38. The van der Waals surface area contributed by atoms with Gasteiger partial charge in [-0.2, -0.15) is 5.10 Å². The van der Waals surface area contributed by atoms with Crippen molar-refractivity contribution in [1.82, 2.24) is 25.1 Å². The zero-order valence-electron chi connectivity index (χ0n) is 21.0. The molecule has 0 bridgehead atoms. The van der Waals surface area contributed by atoms with Crippen LogP contribution in [0.3, 0.4) is 0 Å². The van der Waals surface area contributed by atoms with Crippen LogP contribution in [0.5, 0.6) is 0 Å². The number of H-pyrrole nitrogens is 2. The van der Waals surface area contributed by atoms with Gasteiger partial charge in [0.1, 0.15) is 11.5 Å². The summed E-state index contributed by atoms with van der Waals surface area (Å²) in [6.45, 7) is 0. The molecule has 0 spiro atoms. The second-order valence-electron chi connectivity index (χ2n) is 10.1. The van der Waals surface area contributed by atoms with Crippen molar-refractivity contribution in [1.29, 1.82) is 0 Å². The maximum Gasteiger partial charge on any atom is 0.227 e. The predicted molar refractivity (Wildman–Crippen MR) is 150 cm³/mol. The minimum atomic E-state index is -0.301. The Bertz CT molecular complexity index is 1850. The van der Waals surface area contributed by atoms with E-state index in [0.29, 0.717) is 16.9 Å². The number of nitrogens with zero attached hydrogens (tertiary/aromatic N) is 3. The van der Waals surface area contributed by atoms with Crippen LogP contribution in [0, 0.1) is 11.7 Å². The maximum atomic E-state index is 13.9. The molecule has 4 aromatic heterocycles. The van der Waals surface area contributed by atoms with Gasteiger partial charge in [-0.15, -0.1) is 0 Å². The van der Waals surface area contributed by atoms with Crippen LogP contribution in [-0.4, -0.2) is 31.1 Å². The first-order valence-electron chi connectivity index (χ1n) is 13.1. The topological polar surface area (TPSA) is 99.3 Å². The average Bonchev–Trinajstić information content (AvgIpc) is 3.72. The highest BCUT2D eigenvalue weighted by atomic mass is 19.1. The molecule has 1 aliphatic carbocycles. The number of carbonyl (C=O) groups excluding carboxylic acids is 1. The van der Waals surface area contributed by atoms with Crippen molar-refractivity contribution in [2.24, 2.45) is 5.92 Å². The van der Waals surface area contributed by atoms with Gasteiger partial charge in [0, 0.05) is 45.7 Å². The molecule has 0 unspecified atom stereocenters. The summed E-state index contributed by atoms with van der Waals surface area (Å²) >= 11 is 0. The molecule has 192 valence electrons. The van der Waals surface area contributed by atoms with Gasteiger partial charge >= 0.3 is 0 Å². The number of anilines is 1. The van der Waals surface area contributed by atoms with Gasteiger partial charge in [-0.25, -0.2) is 4.39 Å². The van der Waals surface area contributed by atoms with E-state index in [9.17, 15) is 9.18 Å². The maximum absolute atomic E-state index is 13.9. The molecule has 0 saturated heterocycles. The molecule has 7 nitrogen and oxygen atoms in total. The van der Waals surface area contributed by atoms with Gasteiger partial charge in [0.2, 0.25) is 5.91 Å². The largest absolute Gasteiger partial charge is 0.353 e. The van der Waals surface area contributed by atoms with Crippen molar-refractivity contribution >= 4 is 33.4 Å². The first-order chi connectivity index (χ1) is 19.1. The summed E-state index contributed by atoms with van der Waals surface area (Å²) in [5.74, 6) is -0.138. The molecule has 0 atom stereocenters. The number of hydrogen-bond acceptors (Lipinski definition) is 4. The summed E-state index contributed by atoms with van der Waals surface area (Å²) in [6.07, 6.45) is 9.33. The summed E-state index contributed by atoms with van der Waals surface area (Å²) in [7, 11) is 0. The van der Waals surface area contributed by atoms with E-state index in [1.807, 2.05) is 36.4 Å². The monoisotopic (exact) mass is 516 g/mol. The van der Waals surface area contributed by atoms with E-state index in [1.54, 1.807) is 24.7 Å². The quantitative estimate of drug-likeness (QED) is 0.227. The third-order valence-corrected chi connectivity index (χ3v) is 7.53. The van der Waals surface area contributed by atoms with Gasteiger partial charge in [-0.05, 0) is 60.9 Å². The minimum absolute atomic E-state index is 0.0740. The lowest BCUT2D eigenvalue weighted by Gasteiger charge is -2.11. The number of fused-ring (bicyclic) bond motifs is 2. The molecular formula is C31H25FN6O. The summed E-state index contributed by atoms with van der Waals surface area (Å²) in [5, 5.41) is 12.6. The van der Waals surface area contributed by atoms with Crippen LogP contribution in [0.25, 0.3) is 55.6 Å². The molecule has 2 aromatic carbocycles. The van der Waals surface area contributed by atoms with Crippen LogP contribution in [0.15, 0.2) is 79.3 Å². The fraction of sp³-hybridized carbons (Fsp3) is 0.161. The van der Waals surface area contributed by atoms with Gasteiger partial charge in [0.25, 0.3) is 0 Å². The second-order valence-corrected chi connectivity index (χ2v) is 10.1. The molecule has 1 saturated carbocycles. The lowest BCUT2D eigenvalue weighted by atomic mass is 10.0. The number of carbonyl (C=O) groups is 1. The molecular weight excluding hydrogens is 491 g/mol. The SMILES string of the molecule is O=C(Nc1cncc(-c2ccc3[nH]nc(-c4cc5c(-c6cccc(F)c6)nccc5[nH]4)c3c2)c1)C1CCCC1. The van der Waals surface area contributed by atoms with E-state index in [2.05, 4.69) is 36.5 Å². The number of amides is 1. The highest BCUT2D eigenvalue weighted by molar-refractivity contribution is 6.01. The molecule has 0 aliphatic heterocycles. The Hall–Kier alpha value is -4.85. The average molecular weight is 517 g/mol. The number of aromatic amines is 2. The molecule has 0 radical (unpaired) electrons. The van der Waals surface area contributed by atoms with Crippen LogP contribution in [0.4, 0.5) is 10.1 Å². The lowest BCUT2D eigenvalue weighted by Crippen LogP contribution is -2.20. The van der Waals surface area contributed by atoms with E-state index in [4.69, 9.17) is 0 Å². The first-order valence-corrected chi connectivity index (χ1v) is 13.1. The van der Waals surface area contributed by atoms with Crippen molar-refractivity contribution in [2.45, 2.75) is 25.7 Å². The minimum Gasteiger partial charge on any atom is -0.353 e. The Morgan fingerprint density at radius 3 is 2.62 bits per heavy atom.